The summed E-state index contributed by atoms with van der Waals surface area (Å²) in [5, 5.41) is 10.1. The molecule has 1 aliphatic rings. The van der Waals surface area contributed by atoms with Gasteiger partial charge in [0.15, 0.2) is 0 Å². The molecular weight excluding hydrogens is 198 g/mol. The minimum atomic E-state index is -0.592. The van der Waals surface area contributed by atoms with Crippen molar-refractivity contribution in [3.63, 3.8) is 0 Å². The first-order valence-electron chi connectivity index (χ1n) is 6.08. The molecule has 0 bridgehead atoms. The summed E-state index contributed by atoms with van der Waals surface area (Å²) in [6.45, 7) is 5.89. The molecule has 2 nitrogen and oxygen atoms in total. The Kier molecular flexibility index (Phi) is 3.31. The zero-order valence-electron chi connectivity index (χ0n) is 10.2. The first kappa shape index (κ1) is 11.6. The lowest BCUT2D eigenvalue weighted by molar-refractivity contribution is -0.00501. The van der Waals surface area contributed by atoms with Gasteiger partial charge in [-0.3, -0.25) is 4.90 Å². The van der Waals surface area contributed by atoms with E-state index in [2.05, 4.69) is 29.2 Å². The van der Waals surface area contributed by atoms with Crippen LogP contribution in [0.15, 0.2) is 30.3 Å². The fourth-order valence-electron chi connectivity index (χ4n) is 2.63. The number of aliphatic hydroxyl groups is 1. The van der Waals surface area contributed by atoms with Crippen LogP contribution in [-0.4, -0.2) is 28.2 Å². The molecule has 0 unspecified atom stereocenters. The molecule has 1 saturated heterocycles. The summed E-state index contributed by atoms with van der Waals surface area (Å²) in [5.74, 6) is 0. The molecule has 1 aromatic carbocycles. The zero-order valence-corrected chi connectivity index (χ0v) is 10.2. The SMILES string of the molecule is CC(C)(O)[C@H]1CCCN1Cc1ccccc1. The van der Waals surface area contributed by atoms with Crippen LogP contribution in [0.2, 0.25) is 0 Å². The summed E-state index contributed by atoms with van der Waals surface area (Å²) in [7, 11) is 0. The van der Waals surface area contributed by atoms with Gasteiger partial charge in [0.2, 0.25) is 0 Å². The summed E-state index contributed by atoms with van der Waals surface area (Å²) >= 11 is 0. The lowest BCUT2D eigenvalue weighted by Gasteiger charge is -2.33. The van der Waals surface area contributed by atoms with E-state index in [-0.39, 0.29) is 0 Å². The Labute approximate surface area is 97.9 Å². The first-order chi connectivity index (χ1) is 7.57. The molecule has 1 aliphatic heterocycles. The van der Waals surface area contributed by atoms with Crippen molar-refractivity contribution in [1.29, 1.82) is 0 Å². The Morgan fingerprint density at radius 1 is 1.31 bits per heavy atom. The van der Waals surface area contributed by atoms with Gasteiger partial charge in [-0.1, -0.05) is 30.3 Å². The molecule has 0 aromatic heterocycles. The van der Waals surface area contributed by atoms with Gasteiger partial charge in [-0.15, -0.1) is 0 Å². The fraction of sp³-hybridized carbons (Fsp3) is 0.571. The Morgan fingerprint density at radius 2 is 2.00 bits per heavy atom. The fourth-order valence-corrected chi connectivity index (χ4v) is 2.63. The molecule has 0 amide bonds. The van der Waals surface area contributed by atoms with E-state index >= 15 is 0 Å². The third-order valence-electron chi connectivity index (χ3n) is 3.41. The van der Waals surface area contributed by atoms with E-state index in [0.717, 1.165) is 19.5 Å². The largest absolute Gasteiger partial charge is 0.389 e. The van der Waals surface area contributed by atoms with Gasteiger partial charge < -0.3 is 5.11 Å². The van der Waals surface area contributed by atoms with Crippen LogP contribution in [0.25, 0.3) is 0 Å². The molecule has 2 heteroatoms. The molecule has 88 valence electrons. The third kappa shape index (κ3) is 2.63. The van der Waals surface area contributed by atoms with Gasteiger partial charge in [-0.2, -0.15) is 0 Å². The van der Waals surface area contributed by atoms with Crippen LogP contribution in [0.3, 0.4) is 0 Å². The van der Waals surface area contributed by atoms with E-state index in [1.165, 1.54) is 12.0 Å². The molecule has 2 rings (SSSR count). The maximum Gasteiger partial charge on any atom is 0.0746 e. The summed E-state index contributed by atoms with van der Waals surface area (Å²) < 4.78 is 0. The molecule has 16 heavy (non-hydrogen) atoms. The van der Waals surface area contributed by atoms with Crippen molar-refractivity contribution in [3.05, 3.63) is 35.9 Å². The van der Waals surface area contributed by atoms with Crippen molar-refractivity contribution in [1.82, 2.24) is 4.90 Å². The van der Waals surface area contributed by atoms with Crippen molar-refractivity contribution in [3.8, 4) is 0 Å². The smallest absolute Gasteiger partial charge is 0.0746 e. The van der Waals surface area contributed by atoms with Crippen LogP contribution in [0.4, 0.5) is 0 Å². The van der Waals surface area contributed by atoms with Crippen LogP contribution in [-0.2, 0) is 6.54 Å². The Hall–Kier alpha value is -0.860. The highest BCUT2D eigenvalue weighted by Crippen LogP contribution is 2.27. The standard InChI is InChI=1S/C14H21NO/c1-14(2,16)13-9-6-10-15(13)11-12-7-4-3-5-8-12/h3-5,7-8,13,16H,6,9-11H2,1-2H3/t13-/m1/s1. The van der Waals surface area contributed by atoms with Crippen molar-refractivity contribution in [2.45, 2.75) is 44.9 Å². The number of benzene rings is 1. The van der Waals surface area contributed by atoms with E-state index in [1.807, 2.05) is 19.9 Å². The van der Waals surface area contributed by atoms with Gasteiger partial charge in [-0.05, 0) is 38.8 Å². The van der Waals surface area contributed by atoms with E-state index in [1.54, 1.807) is 0 Å². The van der Waals surface area contributed by atoms with Crippen molar-refractivity contribution >= 4 is 0 Å². The predicted molar refractivity (Wildman–Crippen MR) is 66.2 cm³/mol. The van der Waals surface area contributed by atoms with Crippen LogP contribution < -0.4 is 0 Å². The first-order valence-corrected chi connectivity index (χ1v) is 6.08. The maximum absolute atomic E-state index is 10.1. The highest BCUT2D eigenvalue weighted by Gasteiger charge is 2.35. The molecule has 1 N–H and O–H groups in total. The molecule has 0 radical (unpaired) electrons. The van der Waals surface area contributed by atoms with Crippen LogP contribution in [0, 0.1) is 0 Å². The van der Waals surface area contributed by atoms with Gasteiger partial charge in [0.05, 0.1) is 5.60 Å². The molecule has 0 saturated carbocycles. The summed E-state index contributed by atoms with van der Waals surface area (Å²) in [6, 6.07) is 10.8. The Bertz CT molecular complexity index is 328. The summed E-state index contributed by atoms with van der Waals surface area (Å²) in [6.07, 6.45) is 2.30. The topological polar surface area (TPSA) is 23.5 Å². The number of hydrogen-bond donors (Lipinski definition) is 1. The number of likely N-dealkylation sites (tertiary alicyclic amines) is 1. The van der Waals surface area contributed by atoms with Gasteiger partial charge in [0.1, 0.15) is 0 Å². The van der Waals surface area contributed by atoms with Gasteiger partial charge in [-0.25, -0.2) is 0 Å². The second-order valence-corrected chi connectivity index (χ2v) is 5.27. The minimum absolute atomic E-state index is 0.299. The summed E-state index contributed by atoms with van der Waals surface area (Å²) in [5.41, 5.74) is 0.740. The quantitative estimate of drug-likeness (QED) is 0.844. The third-order valence-corrected chi connectivity index (χ3v) is 3.41. The number of hydrogen-bond acceptors (Lipinski definition) is 2. The zero-order chi connectivity index (χ0) is 11.6. The Balaban J connectivity index is 2.05. The molecule has 0 aliphatic carbocycles. The second-order valence-electron chi connectivity index (χ2n) is 5.27. The highest BCUT2D eigenvalue weighted by atomic mass is 16.3. The minimum Gasteiger partial charge on any atom is -0.389 e. The number of nitrogens with zero attached hydrogens (tertiary/aromatic N) is 1. The lowest BCUT2D eigenvalue weighted by atomic mass is 9.96. The highest BCUT2D eigenvalue weighted by molar-refractivity contribution is 5.15. The monoisotopic (exact) mass is 219 g/mol. The van der Waals surface area contributed by atoms with Gasteiger partial charge in [0.25, 0.3) is 0 Å². The molecule has 1 fully saturated rings. The lowest BCUT2D eigenvalue weighted by Crippen LogP contribution is -2.45. The molecule has 1 atom stereocenters. The van der Waals surface area contributed by atoms with Crippen molar-refractivity contribution in [2.75, 3.05) is 6.54 Å². The molecular formula is C14H21NO. The van der Waals surface area contributed by atoms with E-state index in [4.69, 9.17) is 0 Å². The maximum atomic E-state index is 10.1. The van der Waals surface area contributed by atoms with E-state index in [0.29, 0.717) is 6.04 Å². The normalized spacial score (nSPS) is 22.6. The second kappa shape index (κ2) is 4.56. The van der Waals surface area contributed by atoms with Crippen LogP contribution in [0.1, 0.15) is 32.3 Å². The van der Waals surface area contributed by atoms with Crippen LogP contribution in [0.5, 0.6) is 0 Å². The summed E-state index contributed by atoms with van der Waals surface area (Å²) in [4.78, 5) is 2.40. The van der Waals surface area contributed by atoms with Gasteiger partial charge in [0, 0.05) is 12.6 Å². The van der Waals surface area contributed by atoms with Crippen molar-refractivity contribution in [2.24, 2.45) is 0 Å². The van der Waals surface area contributed by atoms with Crippen molar-refractivity contribution < 1.29 is 5.11 Å². The molecule has 0 spiro atoms. The molecule has 1 heterocycles. The predicted octanol–water partition coefficient (Wildman–Crippen LogP) is 2.42. The average molecular weight is 219 g/mol. The van der Waals surface area contributed by atoms with Crippen LogP contribution >= 0.6 is 0 Å². The number of rotatable bonds is 3. The van der Waals surface area contributed by atoms with E-state index < -0.39 is 5.60 Å². The molecule has 1 aromatic rings. The Morgan fingerprint density at radius 3 is 2.62 bits per heavy atom. The van der Waals surface area contributed by atoms with Gasteiger partial charge >= 0.3 is 0 Å². The average Bonchev–Trinajstić information content (AvgIpc) is 2.67. The van der Waals surface area contributed by atoms with E-state index in [9.17, 15) is 5.11 Å².